The summed E-state index contributed by atoms with van der Waals surface area (Å²) < 4.78 is 2.85. The van der Waals surface area contributed by atoms with Crippen molar-refractivity contribution in [2.24, 2.45) is 0 Å². The lowest BCUT2D eigenvalue weighted by Gasteiger charge is -2.36. The van der Waals surface area contributed by atoms with E-state index < -0.39 is 5.54 Å². The number of hydrogen-bond acceptors (Lipinski definition) is 2. The van der Waals surface area contributed by atoms with Crippen LogP contribution in [0.2, 0.25) is 0 Å². The Morgan fingerprint density at radius 1 is 0.640 bits per heavy atom. The molecule has 122 valence electrons. The van der Waals surface area contributed by atoms with Crippen LogP contribution in [0.25, 0.3) is 0 Å². The summed E-state index contributed by atoms with van der Waals surface area (Å²) in [7, 11) is 0. The summed E-state index contributed by atoms with van der Waals surface area (Å²) in [4.78, 5) is 4.40. The first kappa shape index (κ1) is 16.0. The minimum atomic E-state index is -0.573. The van der Waals surface area contributed by atoms with Gasteiger partial charge in [-0.25, -0.2) is 9.67 Å². The van der Waals surface area contributed by atoms with E-state index in [1.165, 1.54) is 0 Å². The van der Waals surface area contributed by atoms with E-state index in [2.05, 4.69) is 105 Å². The number of hydrogen-bond donors (Lipinski definition) is 0. The van der Waals surface area contributed by atoms with Crippen molar-refractivity contribution in [1.82, 2.24) is 14.8 Å². The molecule has 4 heteroatoms. The van der Waals surface area contributed by atoms with Crippen molar-refractivity contribution in [3.8, 4) is 0 Å². The molecule has 0 radical (unpaired) electrons. The van der Waals surface area contributed by atoms with Gasteiger partial charge in [0.1, 0.15) is 11.9 Å². The van der Waals surface area contributed by atoms with Crippen molar-refractivity contribution >= 4 is 22.6 Å². The molecule has 4 rings (SSSR count). The molecule has 0 aliphatic rings. The Morgan fingerprint density at radius 3 is 1.36 bits per heavy atom. The molecule has 0 atom stereocenters. The third-order valence-electron chi connectivity index (χ3n) is 4.40. The zero-order valence-corrected chi connectivity index (χ0v) is 15.6. The highest BCUT2D eigenvalue weighted by Crippen LogP contribution is 2.40. The van der Waals surface area contributed by atoms with E-state index in [0.717, 1.165) is 20.5 Å². The Balaban J connectivity index is 2.15. The summed E-state index contributed by atoms with van der Waals surface area (Å²) in [6, 6.07) is 31.4. The lowest BCUT2D eigenvalue weighted by atomic mass is 9.77. The van der Waals surface area contributed by atoms with Gasteiger partial charge >= 0.3 is 0 Å². The van der Waals surface area contributed by atoms with E-state index in [0.29, 0.717) is 0 Å². The maximum absolute atomic E-state index is 4.62. The molecule has 0 N–H and O–H groups in total. The Labute approximate surface area is 160 Å². The van der Waals surface area contributed by atoms with Crippen LogP contribution in [0.4, 0.5) is 0 Å². The van der Waals surface area contributed by atoms with Crippen molar-refractivity contribution in [2.45, 2.75) is 5.54 Å². The van der Waals surface area contributed by atoms with Gasteiger partial charge in [0.25, 0.3) is 0 Å². The zero-order valence-electron chi connectivity index (χ0n) is 13.5. The summed E-state index contributed by atoms with van der Waals surface area (Å²) in [5.41, 5.74) is 2.87. The lowest BCUT2D eigenvalue weighted by molar-refractivity contribution is 0.448. The molecule has 4 aromatic rings. The van der Waals surface area contributed by atoms with Gasteiger partial charge in [-0.05, 0) is 16.7 Å². The number of nitrogens with zero attached hydrogens (tertiary/aromatic N) is 3. The van der Waals surface area contributed by atoms with Crippen LogP contribution >= 0.6 is 22.6 Å². The second-order valence-corrected chi connectivity index (χ2v) is 6.71. The molecule has 0 aliphatic carbocycles. The monoisotopic (exact) mass is 437 g/mol. The molecule has 0 fully saturated rings. The second kappa shape index (κ2) is 6.80. The average molecular weight is 437 g/mol. The molecule has 0 saturated carbocycles. The van der Waals surface area contributed by atoms with Crippen molar-refractivity contribution in [2.75, 3.05) is 0 Å². The Hall–Kier alpha value is -2.47. The summed E-state index contributed by atoms with van der Waals surface area (Å²) in [6.45, 7) is 0. The zero-order chi connectivity index (χ0) is 17.1. The molecule has 1 heterocycles. The standard InChI is InChI=1S/C21H16IN3/c22-20-23-16-24-25(20)21(17-10-4-1-5-11-17,18-12-6-2-7-13-18)19-14-8-3-9-15-19/h1-16H. The fourth-order valence-electron chi connectivity index (χ4n) is 3.36. The van der Waals surface area contributed by atoms with E-state index in [9.17, 15) is 0 Å². The van der Waals surface area contributed by atoms with Crippen LogP contribution in [0.3, 0.4) is 0 Å². The predicted octanol–water partition coefficient (Wildman–Crippen LogP) is 4.72. The van der Waals surface area contributed by atoms with Gasteiger partial charge in [-0.1, -0.05) is 91.0 Å². The molecular weight excluding hydrogens is 421 g/mol. The number of benzene rings is 3. The van der Waals surface area contributed by atoms with Crippen LogP contribution in [0, 0.1) is 3.83 Å². The van der Waals surface area contributed by atoms with Gasteiger partial charge in [0.15, 0.2) is 3.83 Å². The number of aromatic nitrogens is 3. The maximum atomic E-state index is 4.62. The van der Waals surface area contributed by atoms with Crippen LogP contribution in [0.15, 0.2) is 97.3 Å². The lowest BCUT2D eigenvalue weighted by Crippen LogP contribution is -2.39. The summed E-state index contributed by atoms with van der Waals surface area (Å²) in [5.74, 6) is 0. The molecule has 1 aromatic heterocycles. The van der Waals surface area contributed by atoms with E-state index in [-0.39, 0.29) is 0 Å². The van der Waals surface area contributed by atoms with E-state index in [4.69, 9.17) is 0 Å². The average Bonchev–Trinajstić information content (AvgIpc) is 3.12. The van der Waals surface area contributed by atoms with Crippen LogP contribution in [-0.4, -0.2) is 14.8 Å². The smallest absolute Gasteiger partial charge is 0.190 e. The SMILES string of the molecule is Ic1ncnn1C(c1ccccc1)(c1ccccc1)c1ccccc1. The number of rotatable bonds is 4. The second-order valence-electron chi connectivity index (χ2n) is 5.75. The first-order valence-corrected chi connectivity index (χ1v) is 9.14. The first-order chi connectivity index (χ1) is 12.3. The molecule has 0 saturated heterocycles. The molecule has 0 spiro atoms. The quantitative estimate of drug-likeness (QED) is 0.342. The summed E-state index contributed by atoms with van der Waals surface area (Å²) >= 11 is 2.25. The third kappa shape index (κ3) is 2.66. The van der Waals surface area contributed by atoms with Crippen LogP contribution in [0.5, 0.6) is 0 Å². The van der Waals surface area contributed by atoms with E-state index in [1.54, 1.807) is 6.33 Å². The molecule has 0 aliphatic heterocycles. The fourth-order valence-corrected chi connectivity index (χ4v) is 3.97. The third-order valence-corrected chi connectivity index (χ3v) is 5.13. The predicted molar refractivity (Wildman–Crippen MR) is 107 cm³/mol. The minimum absolute atomic E-state index is 0.573. The van der Waals surface area contributed by atoms with Crippen LogP contribution in [-0.2, 0) is 5.54 Å². The highest BCUT2D eigenvalue weighted by atomic mass is 127. The van der Waals surface area contributed by atoms with Gasteiger partial charge in [-0.3, -0.25) is 0 Å². The van der Waals surface area contributed by atoms with Gasteiger partial charge in [0.2, 0.25) is 0 Å². The fraction of sp³-hybridized carbons (Fsp3) is 0.0476. The maximum Gasteiger partial charge on any atom is 0.190 e. The van der Waals surface area contributed by atoms with Gasteiger partial charge in [-0.2, -0.15) is 5.10 Å². The highest BCUT2D eigenvalue weighted by Gasteiger charge is 2.40. The van der Waals surface area contributed by atoms with Crippen molar-refractivity contribution in [3.05, 3.63) is 118 Å². The van der Waals surface area contributed by atoms with E-state index in [1.807, 2.05) is 22.9 Å². The van der Waals surface area contributed by atoms with E-state index >= 15 is 0 Å². The molecule has 0 bridgehead atoms. The Bertz CT molecular complexity index is 853. The molecule has 0 unspecified atom stereocenters. The van der Waals surface area contributed by atoms with Gasteiger partial charge in [-0.15, -0.1) is 0 Å². The van der Waals surface area contributed by atoms with Gasteiger partial charge in [0.05, 0.1) is 0 Å². The first-order valence-electron chi connectivity index (χ1n) is 8.06. The number of halogens is 1. The minimum Gasteiger partial charge on any atom is -0.221 e. The van der Waals surface area contributed by atoms with Gasteiger partial charge in [0, 0.05) is 22.6 Å². The molecule has 0 amide bonds. The Morgan fingerprint density at radius 2 is 1.04 bits per heavy atom. The molecular formula is C21H16IN3. The van der Waals surface area contributed by atoms with Crippen molar-refractivity contribution in [1.29, 1.82) is 0 Å². The van der Waals surface area contributed by atoms with Gasteiger partial charge < -0.3 is 0 Å². The summed E-state index contributed by atoms with van der Waals surface area (Å²) in [5, 5.41) is 4.62. The topological polar surface area (TPSA) is 30.7 Å². The van der Waals surface area contributed by atoms with Crippen molar-refractivity contribution < 1.29 is 0 Å². The van der Waals surface area contributed by atoms with Crippen LogP contribution in [0.1, 0.15) is 16.7 Å². The van der Waals surface area contributed by atoms with Crippen LogP contribution < -0.4 is 0 Å². The summed E-state index contributed by atoms with van der Waals surface area (Å²) in [6.07, 6.45) is 1.62. The molecule has 3 nitrogen and oxygen atoms in total. The van der Waals surface area contributed by atoms with Crippen molar-refractivity contribution in [3.63, 3.8) is 0 Å². The normalized spacial score (nSPS) is 11.4. The largest absolute Gasteiger partial charge is 0.221 e. The Kier molecular flexibility index (Phi) is 4.36. The molecule has 25 heavy (non-hydrogen) atoms. The molecule has 3 aromatic carbocycles. The highest BCUT2D eigenvalue weighted by molar-refractivity contribution is 14.1.